The highest BCUT2D eigenvalue weighted by atomic mass is 127. The highest BCUT2D eigenvalue weighted by Crippen LogP contribution is 2.22. The van der Waals surface area contributed by atoms with E-state index in [0.29, 0.717) is 22.4 Å². The van der Waals surface area contributed by atoms with E-state index in [1.54, 1.807) is 42.5 Å². The van der Waals surface area contributed by atoms with Crippen LogP contribution in [0.4, 0.5) is 0 Å². The summed E-state index contributed by atoms with van der Waals surface area (Å²) in [5.74, 6) is -0.447. The van der Waals surface area contributed by atoms with Crippen molar-refractivity contribution in [3.63, 3.8) is 0 Å². The lowest BCUT2D eigenvalue weighted by Gasteiger charge is -2.20. The average Bonchev–Trinajstić information content (AvgIpc) is 3.51. The van der Waals surface area contributed by atoms with Crippen molar-refractivity contribution < 1.29 is 23.9 Å². The normalized spacial score (nSPS) is 13.3. The maximum Gasteiger partial charge on any atom is 0.308 e. The molecule has 0 bridgehead atoms. The number of hydrogen-bond acceptors (Lipinski definition) is 6. The van der Waals surface area contributed by atoms with E-state index in [0.717, 1.165) is 35.1 Å². The van der Waals surface area contributed by atoms with E-state index in [1.807, 2.05) is 35.2 Å². The lowest BCUT2D eigenvalue weighted by Crippen LogP contribution is -2.41. The van der Waals surface area contributed by atoms with E-state index >= 15 is 0 Å². The number of rotatable bonds is 10. The molecule has 0 spiro atoms. The van der Waals surface area contributed by atoms with Crippen molar-refractivity contribution >= 4 is 40.4 Å². The minimum Gasteiger partial charge on any atom is -0.490 e. The number of benzene rings is 3. The summed E-state index contributed by atoms with van der Waals surface area (Å²) in [7, 11) is 0. The molecule has 3 aromatic carbocycles. The lowest BCUT2D eigenvalue weighted by molar-refractivity contribution is -0.145. The molecule has 1 aliphatic heterocycles. The van der Waals surface area contributed by atoms with Crippen molar-refractivity contribution in [1.29, 1.82) is 5.26 Å². The Morgan fingerprint density at radius 2 is 1.67 bits per heavy atom. The van der Waals surface area contributed by atoms with Crippen LogP contribution in [0.15, 0.2) is 72.8 Å². The Morgan fingerprint density at radius 3 is 2.36 bits per heavy atom. The third-order valence-corrected chi connectivity index (χ3v) is 7.17. The maximum absolute atomic E-state index is 13.1. The Hall–Kier alpha value is -3.91. The van der Waals surface area contributed by atoms with Crippen molar-refractivity contribution in [2.75, 3.05) is 19.7 Å². The number of esters is 1. The van der Waals surface area contributed by atoms with Gasteiger partial charge in [-0.3, -0.25) is 14.4 Å². The Labute approximate surface area is 241 Å². The minimum absolute atomic E-state index is 0.0113. The van der Waals surface area contributed by atoms with Gasteiger partial charge >= 0.3 is 5.97 Å². The molecule has 9 heteroatoms. The Balaban J connectivity index is 1.42. The summed E-state index contributed by atoms with van der Waals surface area (Å²) in [6, 6.07) is 22.3. The molecule has 0 saturated carbocycles. The van der Waals surface area contributed by atoms with Gasteiger partial charge in [-0.25, -0.2) is 0 Å². The van der Waals surface area contributed by atoms with Crippen molar-refractivity contribution in [3.05, 3.63) is 98.6 Å². The molecule has 39 heavy (non-hydrogen) atoms. The molecule has 1 aliphatic rings. The molecule has 0 unspecified atom stereocenters. The number of nitriles is 1. The third-order valence-electron chi connectivity index (χ3n) is 6.28. The fraction of sp³-hybridized carbons (Fsp3) is 0.267. The second-order valence-electron chi connectivity index (χ2n) is 9.17. The number of carbonyl (C=O) groups is 3. The number of ether oxygens (including phenoxy) is 2. The van der Waals surface area contributed by atoms with Gasteiger partial charge in [-0.05, 0) is 83.5 Å². The number of carbonyl (C=O) groups excluding carboxylic acids is 3. The van der Waals surface area contributed by atoms with E-state index in [9.17, 15) is 19.6 Å². The molecule has 1 atom stereocenters. The Bertz CT molecular complexity index is 1350. The fourth-order valence-corrected chi connectivity index (χ4v) is 4.65. The number of halogens is 1. The van der Waals surface area contributed by atoms with Crippen LogP contribution in [0.1, 0.15) is 51.1 Å². The van der Waals surface area contributed by atoms with Gasteiger partial charge in [-0.15, -0.1) is 0 Å². The van der Waals surface area contributed by atoms with Crippen LogP contribution in [-0.2, 0) is 16.1 Å². The highest BCUT2D eigenvalue weighted by Gasteiger charge is 2.22. The molecule has 3 aromatic rings. The number of hydrogen-bond donors (Lipinski definition) is 1. The molecule has 8 nitrogen and oxygen atoms in total. The predicted molar refractivity (Wildman–Crippen MR) is 153 cm³/mol. The largest absolute Gasteiger partial charge is 0.490 e. The predicted octanol–water partition coefficient (Wildman–Crippen LogP) is 4.71. The van der Waals surface area contributed by atoms with Gasteiger partial charge in [0.1, 0.15) is 19.0 Å². The summed E-state index contributed by atoms with van der Waals surface area (Å²) in [4.78, 5) is 40.2. The van der Waals surface area contributed by atoms with E-state index in [1.165, 1.54) is 0 Å². The van der Waals surface area contributed by atoms with Crippen LogP contribution in [0.2, 0.25) is 0 Å². The second-order valence-corrected chi connectivity index (χ2v) is 10.3. The molecule has 1 fully saturated rings. The highest BCUT2D eigenvalue weighted by molar-refractivity contribution is 14.1. The second kappa shape index (κ2) is 13.8. The maximum atomic E-state index is 13.1. The molecule has 2 amide bonds. The SMILES string of the molecule is N#Cc1ccc(I)c(OC[C@@H](CC(=O)OCc2ccccc2)NC(=O)c2ccc(C(=O)N3CCCC3)cc2)c1. The summed E-state index contributed by atoms with van der Waals surface area (Å²) >= 11 is 2.10. The number of nitrogens with one attached hydrogen (secondary N) is 1. The summed E-state index contributed by atoms with van der Waals surface area (Å²) < 4.78 is 12.1. The van der Waals surface area contributed by atoms with E-state index in [4.69, 9.17) is 9.47 Å². The van der Waals surface area contributed by atoms with Crippen molar-refractivity contribution in [2.45, 2.75) is 31.9 Å². The first kappa shape index (κ1) is 28.1. The van der Waals surface area contributed by atoms with Crippen LogP contribution < -0.4 is 10.1 Å². The quantitative estimate of drug-likeness (QED) is 0.255. The van der Waals surface area contributed by atoms with Crippen LogP contribution in [0.5, 0.6) is 5.75 Å². The Kier molecular flexibility index (Phi) is 9.91. The van der Waals surface area contributed by atoms with Gasteiger partial charge in [0.25, 0.3) is 11.8 Å². The Morgan fingerprint density at radius 1 is 0.974 bits per heavy atom. The third kappa shape index (κ3) is 8.04. The van der Waals surface area contributed by atoms with Crippen molar-refractivity contribution in [3.8, 4) is 11.8 Å². The molecule has 0 aliphatic carbocycles. The molecule has 0 aromatic heterocycles. The zero-order valence-corrected chi connectivity index (χ0v) is 23.4. The first-order chi connectivity index (χ1) is 18.9. The summed E-state index contributed by atoms with van der Waals surface area (Å²) in [5.41, 5.74) is 2.19. The fourth-order valence-electron chi connectivity index (χ4n) is 4.16. The van der Waals surface area contributed by atoms with Gasteiger partial charge in [0.2, 0.25) is 0 Å². The van der Waals surface area contributed by atoms with Gasteiger partial charge in [0, 0.05) is 24.2 Å². The van der Waals surface area contributed by atoms with Crippen LogP contribution in [0, 0.1) is 14.9 Å². The zero-order chi connectivity index (χ0) is 27.6. The van der Waals surface area contributed by atoms with E-state index < -0.39 is 17.9 Å². The van der Waals surface area contributed by atoms with Crippen LogP contribution >= 0.6 is 22.6 Å². The summed E-state index contributed by atoms with van der Waals surface area (Å²) in [5, 5.41) is 12.1. The molecule has 4 rings (SSSR count). The van der Waals surface area contributed by atoms with Gasteiger partial charge < -0.3 is 19.7 Å². The van der Waals surface area contributed by atoms with Gasteiger partial charge in [0.05, 0.1) is 27.7 Å². The van der Waals surface area contributed by atoms with Crippen LogP contribution in [0.25, 0.3) is 0 Å². The van der Waals surface area contributed by atoms with Gasteiger partial charge in [-0.2, -0.15) is 5.26 Å². The topological polar surface area (TPSA) is 109 Å². The van der Waals surface area contributed by atoms with E-state index in [-0.39, 0.29) is 25.5 Å². The molecule has 1 heterocycles. The number of amides is 2. The van der Waals surface area contributed by atoms with Crippen LogP contribution in [0.3, 0.4) is 0 Å². The molecular formula is C30H28IN3O5. The first-order valence-electron chi connectivity index (χ1n) is 12.6. The van der Waals surface area contributed by atoms with Gasteiger partial charge in [0.15, 0.2) is 0 Å². The first-order valence-corrected chi connectivity index (χ1v) is 13.7. The summed E-state index contributed by atoms with van der Waals surface area (Å²) in [6.07, 6.45) is 1.89. The molecule has 0 radical (unpaired) electrons. The standard InChI is InChI=1S/C30H28IN3O5/c31-26-13-8-22(18-32)16-27(26)38-20-25(17-28(35)39-19-21-6-2-1-3-7-21)33-29(36)23-9-11-24(12-10-23)30(37)34-14-4-5-15-34/h1-3,6-13,16,25H,4-5,14-15,17,19-20H2,(H,33,36)/t25-/m1/s1. The minimum atomic E-state index is -0.701. The molecule has 1 N–H and O–H groups in total. The molecular weight excluding hydrogens is 609 g/mol. The molecule has 1 saturated heterocycles. The van der Waals surface area contributed by atoms with E-state index in [2.05, 4.69) is 34.0 Å². The number of likely N-dealkylation sites (tertiary alicyclic amines) is 1. The van der Waals surface area contributed by atoms with Crippen molar-refractivity contribution in [2.24, 2.45) is 0 Å². The van der Waals surface area contributed by atoms with Crippen LogP contribution in [-0.4, -0.2) is 48.4 Å². The zero-order valence-electron chi connectivity index (χ0n) is 21.3. The monoisotopic (exact) mass is 637 g/mol. The smallest absolute Gasteiger partial charge is 0.308 e. The number of nitrogens with zero attached hydrogens (tertiary/aromatic N) is 2. The lowest BCUT2D eigenvalue weighted by atomic mass is 10.1. The van der Waals surface area contributed by atoms with Crippen molar-refractivity contribution in [1.82, 2.24) is 10.2 Å². The average molecular weight is 637 g/mol. The summed E-state index contributed by atoms with van der Waals surface area (Å²) in [6.45, 7) is 1.61. The van der Waals surface area contributed by atoms with Gasteiger partial charge in [-0.1, -0.05) is 30.3 Å². The molecule has 200 valence electrons.